The molecule has 1 aliphatic heterocycles. The van der Waals surface area contributed by atoms with Crippen molar-refractivity contribution < 1.29 is 19.4 Å². The Morgan fingerprint density at radius 3 is 2.59 bits per heavy atom. The van der Waals surface area contributed by atoms with Gasteiger partial charge in [0.1, 0.15) is 6.10 Å². The van der Waals surface area contributed by atoms with Gasteiger partial charge in [-0.2, -0.15) is 0 Å². The normalized spacial score (nSPS) is 18.4. The number of hydrogen-bond donors (Lipinski definition) is 2. The number of fused-ring (bicyclic) bond motifs is 1. The number of nitrogens with zero attached hydrogens (tertiary/aromatic N) is 3. The third kappa shape index (κ3) is 6.34. The van der Waals surface area contributed by atoms with Crippen molar-refractivity contribution in [3.63, 3.8) is 0 Å². The van der Waals surface area contributed by atoms with Gasteiger partial charge in [-0.25, -0.2) is 0 Å². The van der Waals surface area contributed by atoms with Gasteiger partial charge in [0.15, 0.2) is 5.75 Å². The van der Waals surface area contributed by atoms with Crippen LogP contribution in [0.1, 0.15) is 40.1 Å². The smallest absolute Gasteiger partial charge is 0.258 e. The highest BCUT2D eigenvalue weighted by atomic mass is 16.5. The first kappa shape index (κ1) is 26.3. The Labute approximate surface area is 217 Å². The molecular weight excluding hydrogens is 468 g/mol. The molecule has 8 nitrogen and oxygen atoms in total. The van der Waals surface area contributed by atoms with E-state index in [2.05, 4.69) is 34.3 Å². The monoisotopic (exact) mass is 502 g/mol. The Morgan fingerprint density at radius 2 is 1.89 bits per heavy atom. The van der Waals surface area contributed by atoms with Crippen molar-refractivity contribution >= 4 is 17.5 Å². The van der Waals surface area contributed by atoms with Crippen LogP contribution in [-0.2, 0) is 6.54 Å². The maximum atomic E-state index is 13.6. The van der Waals surface area contributed by atoms with Gasteiger partial charge >= 0.3 is 0 Å². The molecule has 0 radical (unpaired) electrons. The van der Waals surface area contributed by atoms with Crippen molar-refractivity contribution in [3.05, 3.63) is 89.7 Å². The molecule has 1 aliphatic rings. The summed E-state index contributed by atoms with van der Waals surface area (Å²) in [6.07, 6.45) is 2.84. The number of anilines is 1. The number of likely N-dealkylation sites (N-methyl/N-ethyl adjacent to an activating group) is 1. The van der Waals surface area contributed by atoms with Crippen LogP contribution in [0.25, 0.3) is 0 Å². The molecule has 0 saturated heterocycles. The molecule has 194 valence electrons. The molecule has 3 atom stereocenters. The van der Waals surface area contributed by atoms with E-state index in [4.69, 9.17) is 4.74 Å². The van der Waals surface area contributed by atoms with Crippen LogP contribution in [0.15, 0.2) is 73.1 Å². The molecule has 2 aromatic carbocycles. The molecule has 0 aliphatic carbocycles. The molecule has 0 fully saturated rings. The summed E-state index contributed by atoms with van der Waals surface area (Å²) < 4.78 is 6.58. The van der Waals surface area contributed by atoms with Crippen molar-refractivity contribution in [2.24, 2.45) is 5.92 Å². The van der Waals surface area contributed by atoms with Gasteiger partial charge in [0, 0.05) is 43.5 Å². The summed E-state index contributed by atoms with van der Waals surface area (Å²) in [5, 5.41) is 12.8. The fourth-order valence-electron chi connectivity index (χ4n) is 4.52. The predicted octanol–water partition coefficient (Wildman–Crippen LogP) is 3.69. The maximum Gasteiger partial charge on any atom is 0.258 e. The summed E-state index contributed by atoms with van der Waals surface area (Å²) in [4.78, 5) is 34.4. The van der Waals surface area contributed by atoms with E-state index in [0.717, 1.165) is 6.54 Å². The number of aliphatic hydroxyl groups excluding tert-OH is 1. The minimum Gasteiger partial charge on any atom is -0.486 e. The minimum atomic E-state index is -0.362. The first-order chi connectivity index (χ1) is 17.9. The lowest BCUT2D eigenvalue weighted by Crippen LogP contribution is -2.49. The third-order valence-electron chi connectivity index (χ3n) is 6.67. The lowest BCUT2D eigenvalue weighted by atomic mass is 9.98. The van der Waals surface area contributed by atoms with Gasteiger partial charge in [0.2, 0.25) is 0 Å². The van der Waals surface area contributed by atoms with Crippen molar-refractivity contribution in [1.82, 2.24) is 14.8 Å². The molecule has 2 heterocycles. The minimum absolute atomic E-state index is 0.0340. The highest BCUT2D eigenvalue weighted by Crippen LogP contribution is 2.35. The first-order valence-electron chi connectivity index (χ1n) is 12.5. The number of carbonyl (C=O) groups is 2. The van der Waals surface area contributed by atoms with Crippen molar-refractivity contribution in [2.75, 3.05) is 32.1 Å². The molecule has 4 rings (SSSR count). The average Bonchev–Trinajstić information content (AvgIpc) is 2.91. The molecule has 2 N–H and O–H groups in total. The number of aliphatic hydroxyl groups is 1. The fraction of sp³-hybridized carbons (Fsp3) is 0.345. The van der Waals surface area contributed by atoms with Crippen LogP contribution in [0.4, 0.5) is 5.69 Å². The van der Waals surface area contributed by atoms with Crippen LogP contribution in [-0.4, -0.2) is 70.6 Å². The first-order valence-corrected chi connectivity index (χ1v) is 12.5. The zero-order valence-corrected chi connectivity index (χ0v) is 21.5. The molecule has 0 saturated carbocycles. The summed E-state index contributed by atoms with van der Waals surface area (Å²) >= 11 is 0. The highest BCUT2D eigenvalue weighted by molar-refractivity contribution is 6.07. The number of pyridine rings is 1. The van der Waals surface area contributed by atoms with Gasteiger partial charge in [-0.1, -0.05) is 43.3 Å². The van der Waals surface area contributed by atoms with Crippen molar-refractivity contribution in [2.45, 2.75) is 32.5 Å². The van der Waals surface area contributed by atoms with E-state index in [0.29, 0.717) is 35.7 Å². The van der Waals surface area contributed by atoms with Gasteiger partial charge in [-0.15, -0.1) is 0 Å². The largest absolute Gasteiger partial charge is 0.486 e. The number of para-hydroxylation sites is 1. The average molecular weight is 503 g/mol. The second-order valence-electron chi connectivity index (χ2n) is 9.68. The lowest BCUT2D eigenvalue weighted by Gasteiger charge is -2.38. The van der Waals surface area contributed by atoms with Crippen molar-refractivity contribution in [1.29, 1.82) is 0 Å². The summed E-state index contributed by atoms with van der Waals surface area (Å²) in [5.41, 5.74) is 2.43. The molecule has 37 heavy (non-hydrogen) atoms. The Bertz CT molecular complexity index is 1210. The van der Waals surface area contributed by atoms with Crippen LogP contribution in [0.5, 0.6) is 5.75 Å². The van der Waals surface area contributed by atoms with E-state index in [1.165, 1.54) is 5.56 Å². The van der Waals surface area contributed by atoms with E-state index >= 15 is 0 Å². The Balaban J connectivity index is 1.67. The number of nitrogens with one attached hydrogen (secondary N) is 1. The molecule has 3 aromatic rings. The highest BCUT2D eigenvalue weighted by Gasteiger charge is 2.34. The Morgan fingerprint density at radius 1 is 1.16 bits per heavy atom. The third-order valence-corrected chi connectivity index (χ3v) is 6.67. The molecule has 8 heteroatoms. The number of rotatable bonds is 8. The van der Waals surface area contributed by atoms with E-state index in [9.17, 15) is 14.7 Å². The Kier molecular flexibility index (Phi) is 8.53. The molecule has 2 amide bonds. The van der Waals surface area contributed by atoms with Crippen LogP contribution >= 0.6 is 0 Å². The van der Waals surface area contributed by atoms with Gasteiger partial charge in [-0.3, -0.25) is 19.5 Å². The fourth-order valence-corrected chi connectivity index (χ4v) is 4.52. The van der Waals surface area contributed by atoms with Gasteiger partial charge in [0.25, 0.3) is 11.8 Å². The topological polar surface area (TPSA) is 95.0 Å². The second kappa shape index (κ2) is 12.0. The molecule has 0 spiro atoms. The van der Waals surface area contributed by atoms with Crippen LogP contribution in [0, 0.1) is 5.92 Å². The van der Waals surface area contributed by atoms with Gasteiger partial charge < -0.3 is 20.1 Å². The Hall–Kier alpha value is -3.75. The number of aromatic nitrogens is 1. The summed E-state index contributed by atoms with van der Waals surface area (Å²) in [6, 6.07) is 18.3. The lowest BCUT2D eigenvalue weighted by molar-refractivity contribution is 0.0343. The van der Waals surface area contributed by atoms with E-state index in [1.54, 1.807) is 47.6 Å². The molecule has 0 bridgehead atoms. The number of amides is 2. The number of ether oxygens (including phenoxy) is 1. The van der Waals surface area contributed by atoms with Gasteiger partial charge in [-0.05, 0) is 43.8 Å². The number of benzene rings is 2. The predicted molar refractivity (Wildman–Crippen MR) is 143 cm³/mol. The standard InChI is InChI=1S/C29H34N4O4/c1-20-16-33(21(2)19-34)29(36)24-10-7-11-25(31-28(35)23-12-14-30-15-13-23)27(24)37-26(20)18-32(3)17-22-8-5-4-6-9-22/h4-15,20-21,26,34H,16-19H2,1-3H3,(H,31,35)/t20-,21+,26-/m0/s1. The van der Waals surface area contributed by atoms with Crippen LogP contribution < -0.4 is 10.1 Å². The quantitative estimate of drug-likeness (QED) is 0.488. The summed E-state index contributed by atoms with van der Waals surface area (Å²) in [5.74, 6) is -0.247. The number of carbonyl (C=O) groups excluding carboxylic acids is 2. The second-order valence-corrected chi connectivity index (χ2v) is 9.68. The van der Waals surface area contributed by atoms with Crippen LogP contribution in [0.2, 0.25) is 0 Å². The van der Waals surface area contributed by atoms with Gasteiger partial charge in [0.05, 0.1) is 23.9 Å². The summed E-state index contributed by atoms with van der Waals surface area (Å²) in [7, 11) is 2.04. The number of hydrogen-bond acceptors (Lipinski definition) is 6. The zero-order valence-electron chi connectivity index (χ0n) is 21.5. The summed E-state index contributed by atoms with van der Waals surface area (Å²) in [6.45, 7) is 5.53. The van der Waals surface area contributed by atoms with E-state index < -0.39 is 0 Å². The molecule has 1 aromatic heterocycles. The van der Waals surface area contributed by atoms with E-state index in [1.807, 2.05) is 32.2 Å². The molecule has 0 unspecified atom stereocenters. The zero-order chi connectivity index (χ0) is 26.4. The van der Waals surface area contributed by atoms with Crippen LogP contribution in [0.3, 0.4) is 0 Å². The molecular formula is C29H34N4O4. The van der Waals surface area contributed by atoms with Crippen molar-refractivity contribution in [3.8, 4) is 5.75 Å². The maximum absolute atomic E-state index is 13.6. The SMILES string of the molecule is C[C@H](CO)N1C[C@H](C)[C@H](CN(C)Cc2ccccc2)Oc2c(NC(=O)c3ccncc3)cccc2C1=O. The van der Waals surface area contributed by atoms with E-state index in [-0.39, 0.29) is 36.5 Å².